The minimum absolute atomic E-state index is 0.156. The van der Waals surface area contributed by atoms with E-state index in [1.807, 2.05) is 24.3 Å². The number of rotatable bonds is 3. The van der Waals surface area contributed by atoms with Gasteiger partial charge in [-0.3, -0.25) is 9.36 Å². The summed E-state index contributed by atoms with van der Waals surface area (Å²) < 4.78 is 21.2. The molecule has 25 heavy (non-hydrogen) atoms. The van der Waals surface area contributed by atoms with Gasteiger partial charge in [-0.15, -0.1) is 0 Å². The summed E-state index contributed by atoms with van der Waals surface area (Å²) in [5.74, 6) is 0.438. The van der Waals surface area contributed by atoms with Crippen LogP contribution in [-0.2, 0) is 4.79 Å². The molecule has 1 aliphatic heterocycles. The average Bonchev–Trinajstić information content (AvgIpc) is 3.05. The number of hydrogen-bond donors (Lipinski definition) is 1. The molecule has 1 aliphatic rings. The smallest absolute Gasteiger partial charge is 0.226 e. The highest BCUT2D eigenvalue weighted by molar-refractivity contribution is 5.94. The number of imidazole rings is 1. The number of carbonyl (C=O) groups excluding carboxylic acids is 1. The van der Waals surface area contributed by atoms with Crippen LogP contribution in [0.15, 0.2) is 54.9 Å². The number of benzene rings is 2. The summed E-state index contributed by atoms with van der Waals surface area (Å²) in [6, 6.07) is 13.9. The largest absolute Gasteiger partial charge is 0.497 e. The van der Waals surface area contributed by atoms with Crippen LogP contribution >= 0.6 is 0 Å². The number of nitrogens with one attached hydrogen (secondary N) is 1. The minimum atomic E-state index is -0.399. The third-order valence-electron chi connectivity index (χ3n) is 4.40. The first kappa shape index (κ1) is 15.4. The van der Waals surface area contributed by atoms with Gasteiger partial charge >= 0.3 is 0 Å². The van der Waals surface area contributed by atoms with E-state index < -0.39 is 5.92 Å². The van der Waals surface area contributed by atoms with Gasteiger partial charge in [-0.2, -0.15) is 0 Å². The van der Waals surface area contributed by atoms with E-state index in [4.69, 9.17) is 4.74 Å². The van der Waals surface area contributed by atoms with Crippen molar-refractivity contribution in [2.75, 3.05) is 12.4 Å². The molecule has 0 saturated heterocycles. The molecule has 1 atom stereocenters. The van der Waals surface area contributed by atoms with E-state index in [-0.39, 0.29) is 18.1 Å². The molecule has 0 spiro atoms. The summed E-state index contributed by atoms with van der Waals surface area (Å²) in [6.07, 6.45) is 1.82. The molecule has 5 nitrogen and oxygen atoms in total. The topological polar surface area (TPSA) is 56.1 Å². The van der Waals surface area contributed by atoms with Gasteiger partial charge in [0.15, 0.2) is 0 Å². The Balaban J connectivity index is 1.80. The molecule has 3 aromatic rings. The van der Waals surface area contributed by atoms with Crippen LogP contribution in [0, 0.1) is 5.82 Å². The molecule has 0 fully saturated rings. The van der Waals surface area contributed by atoms with Gasteiger partial charge in [0.1, 0.15) is 23.7 Å². The number of nitrogens with zero attached hydrogens (tertiary/aromatic N) is 2. The predicted octanol–water partition coefficient (Wildman–Crippen LogP) is 3.49. The van der Waals surface area contributed by atoms with Crippen LogP contribution in [0.3, 0.4) is 0 Å². The van der Waals surface area contributed by atoms with Crippen LogP contribution in [0.25, 0.3) is 5.69 Å². The van der Waals surface area contributed by atoms with Crippen molar-refractivity contribution in [1.29, 1.82) is 0 Å². The highest BCUT2D eigenvalue weighted by atomic mass is 19.1. The second kappa shape index (κ2) is 6.05. The van der Waals surface area contributed by atoms with Gasteiger partial charge in [0.2, 0.25) is 5.91 Å². The molecule has 0 aliphatic carbocycles. The lowest BCUT2D eigenvalue weighted by Crippen LogP contribution is -2.25. The van der Waals surface area contributed by atoms with E-state index in [1.165, 1.54) is 6.07 Å². The fraction of sp³-hybridized carbons (Fsp3) is 0.158. The number of amides is 1. The Hall–Kier alpha value is -3.15. The van der Waals surface area contributed by atoms with E-state index in [0.717, 1.165) is 11.4 Å². The quantitative estimate of drug-likeness (QED) is 0.796. The van der Waals surface area contributed by atoms with Crippen molar-refractivity contribution in [3.05, 3.63) is 71.9 Å². The van der Waals surface area contributed by atoms with Gasteiger partial charge in [-0.25, -0.2) is 9.37 Å². The van der Waals surface area contributed by atoms with Crippen molar-refractivity contribution in [3.63, 3.8) is 0 Å². The summed E-state index contributed by atoms with van der Waals surface area (Å²) in [4.78, 5) is 16.7. The van der Waals surface area contributed by atoms with Gasteiger partial charge in [0, 0.05) is 18.0 Å². The van der Waals surface area contributed by atoms with Crippen LogP contribution in [0.5, 0.6) is 5.75 Å². The van der Waals surface area contributed by atoms with E-state index in [1.54, 1.807) is 36.2 Å². The summed E-state index contributed by atoms with van der Waals surface area (Å²) in [6.45, 7) is 0. The van der Waals surface area contributed by atoms with E-state index in [2.05, 4.69) is 10.3 Å². The van der Waals surface area contributed by atoms with E-state index in [9.17, 15) is 9.18 Å². The zero-order valence-electron chi connectivity index (χ0n) is 13.6. The first-order chi connectivity index (χ1) is 12.2. The lowest BCUT2D eigenvalue weighted by molar-refractivity contribution is -0.116. The van der Waals surface area contributed by atoms with Crippen molar-refractivity contribution in [1.82, 2.24) is 9.55 Å². The number of fused-ring (bicyclic) bond motifs is 1. The van der Waals surface area contributed by atoms with Gasteiger partial charge in [-0.05, 0) is 35.9 Å². The van der Waals surface area contributed by atoms with Crippen LogP contribution in [0.2, 0.25) is 0 Å². The second-order valence-electron chi connectivity index (χ2n) is 5.87. The van der Waals surface area contributed by atoms with Crippen molar-refractivity contribution in [2.45, 2.75) is 12.3 Å². The third-order valence-corrected chi connectivity index (χ3v) is 4.40. The van der Waals surface area contributed by atoms with Crippen molar-refractivity contribution < 1.29 is 13.9 Å². The monoisotopic (exact) mass is 337 g/mol. The normalized spacial score (nSPS) is 16.2. The van der Waals surface area contributed by atoms with Crippen LogP contribution in [-0.4, -0.2) is 22.6 Å². The highest BCUT2D eigenvalue weighted by Crippen LogP contribution is 2.38. The Morgan fingerprint density at radius 3 is 2.68 bits per heavy atom. The highest BCUT2D eigenvalue weighted by Gasteiger charge is 2.32. The van der Waals surface area contributed by atoms with Gasteiger partial charge in [0.25, 0.3) is 0 Å². The molecule has 0 saturated carbocycles. The Morgan fingerprint density at radius 2 is 1.96 bits per heavy atom. The lowest BCUT2D eigenvalue weighted by atomic mass is 9.89. The molecule has 4 rings (SSSR count). The predicted molar refractivity (Wildman–Crippen MR) is 91.6 cm³/mol. The van der Waals surface area contributed by atoms with Crippen LogP contribution < -0.4 is 10.1 Å². The zero-order valence-corrected chi connectivity index (χ0v) is 13.6. The summed E-state index contributed by atoms with van der Waals surface area (Å²) >= 11 is 0. The number of aromatic nitrogens is 2. The molecule has 1 unspecified atom stereocenters. The number of hydrogen-bond acceptors (Lipinski definition) is 3. The fourth-order valence-corrected chi connectivity index (χ4v) is 3.16. The molecule has 1 amide bonds. The van der Waals surface area contributed by atoms with E-state index in [0.29, 0.717) is 17.1 Å². The zero-order chi connectivity index (χ0) is 17.4. The Kier molecular flexibility index (Phi) is 3.72. The molecule has 6 heteroatoms. The van der Waals surface area contributed by atoms with Crippen LogP contribution in [0.4, 0.5) is 10.2 Å². The van der Waals surface area contributed by atoms with E-state index >= 15 is 0 Å². The first-order valence-electron chi connectivity index (χ1n) is 7.93. The first-order valence-corrected chi connectivity index (χ1v) is 7.93. The van der Waals surface area contributed by atoms with Gasteiger partial charge < -0.3 is 10.1 Å². The summed E-state index contributed by atoms with van der Waals surface area (Å²) in [7, 11) is 1.60. The molecule has 2 heterocycles. The SMILES string of the molecule is COc1ccc(-n2cnc3c2NC(=O)CC3c2ccccc2F)cc1. The molecule has 126 valence electrons. The number of methoxy groups -OCH3 is 1. The molecule has 1 aromatic heterocycles. The molecular weight excluding hydrogens is 321 g/mol. The van der Waals surface area contributed by atoms with Crippen molar-refractivity contribution in [3.8, 4) is 11.4 Å². The van der Waals surface area contributed by atoms with Gasteiger partial charge in [0.05, 0.1) is 12.8 Å². The molecule has 2 aromatic carbocycles. The molecule has 0 radical (unpaired) electrons. The maximum atomic E-state index is 14.2. The standard InChI is InChI=1S/C19H16FN3O2/c1-25-13-8-6-12(7-9-13)23-11-21-18-15(10-17(24)22-19(18)23)14-4-2-3-5-16(14)20/h2-9,11,15H,10H2,1H3,(H,22,24). The maximum Gasteiger partial charge on any atom is 0.226 e. The third kappa shape index (κ3) is 2.65. The average molecular weight is 337 g/mol. The molecule has 1 N–H and O–H groups in total. The fourth-order valence-electron chi connectivity index (χ4n) is 3.16. The Morgan fingerprint density at radius 1 is 1.20 bits per heavy atom. The summed E-state index contributed by atoms with van der Waals surface area (Å²) in [5, 5.41) is 2.86. The number of halogens is 1. The minimum Gasteiger partial charge on any atom is -0.497 e. The Bertz CT molecular complexity index is 934. The van der Waals surface area contributed by atoms with Gasteiger partial charge in [-0.1, -0.05) is 18.2 Å². The van der Waals surface area contributed by atoms with Crippen molar-refractivity contribution in [2.24, 2.45) is 0 Å². The number of anilines is 1. The maximum absolute atomic E-state index is 14.2. The molecule has 0 bridgehead atoms. The lowest BCUT2D eigenvalue weighted by Gasteiger charge is -2.23. The summed E-state index contributed by atoms with van der Waals surface area (Å²) in [5.41, 5.74) is 1.99. The number of ether oxygens (including phenoxy) is 1. The van der Waals surface area contributed by atoms with Crippen molar-refractivity contribution >= 4 is 11.7 Å². The Labute approximate surface area is 144 Å². The second-order valence-corrected chi connectivity index (χ2v) is 5.87. The number of carbonyl (C=O) groups is 1. The molecular formula is C19H16FN3O2. The van der Waals surface area contributed by atoms with Crippen LogP contribution in [0.1, 0.15) is 23.6 Å².